The third-order valence-corrected chi connectivity index (χ3v) is 6.70. The summed E-state index contributed by atoms with van der Waals surface area (Å²) in [7, 11) is 5.78. The molecule has 5 N–H and O–H groups in total. The SMILES string of the molecule is COC(=O)c1c(C)nn(C)c1N=Nc1c(C)nn(-c2nc(OC)nc(-n3nc(C)c(N=Nc4c(C(=O)CO)cnn4C)c3N)n2)c1N. The van der Waals surface area contributed by atoms with Crippen molar-refractivity contribution in [2.24, 2.45) is 34.6 Å². The van der Waals surface area contributed by atoms with Crippen LogP contribution in [0.25, 0.3) is 11.9 Å². The predicted molar refractivity (Wildman–Crippen MR) is 161 cm³/mol. The highest BCUT2D eigenvalue weighted by atomic mass is 16.5. The van der Waals surface area contributed by atoms with E-state index in [-0.39, 0.29) is 63.7 Å². The Morgan fingerprint density at radius 2 is 1.36 bits per heavy atom. The number of hydrogen-bond donors (Lipinski definition) is 3. The van der Waals surface area contributed by atoms with E-state index in [1.54, 1.807) is 34.9 Å². The average Bonchev–Trinajstić information content (AvgIpc) is 3.75. The second-order valence-electron chi connectivity index (χ2n) is 9.77. The normalized spacial score (nSPS) is 11.7. The van der Waals surface area contributed by atoms with Crippen molar-refractivity contribution >= 4 is 46.4 Å². The molecule has 0 radical (unpaired) electrons. The van der Waals surface area contributed by atoms with Gasteiger partial charge in [0.1, 0.15) is 12.2 Å². The van der Waals surface area contributed by atoms with E-state index < -0.39 is 18.4 Å². The van der Waals surface area contributed by atoms with E-state index in [0.717, 1.165) is 0 Å². The minimum atomic E-state index is -0.720. The second-order valence-corrected chi connectivity index (χ2v) is 9.77. The van der Waals surface area contributed by atoms with E-state index in [9.17, 15) is 14.7 Å². The molecule has 244 valence electrons. The Labute approximate surface area is 264 Å². The number of nitrogens with zero attached hydrogens (tertiary/aromatic N) is 15. The lowest BCUT2D eigenvalue weighted by atomic mass is 10.2. The summed E-state index contributed by atoms with van der Waals surface area (Å²) in [5.74, 6) is -1.08. The van der Waals surface area contributed by atoms with Crippen molar-refractivity contribution in [3.8, 4) is 17.9 Å². The average molecular weight is 648 g/mol. The van der Waals surface area contributed by atoms with Crippen LogP contribution < -0.4 is 16.2 Å². The number of aliphatic hydroxyl groups excluding tert-OH is 1. The maximum Gasteiger partial charge on any atom is 0.343 e. The molecule has 0 aromatic carbocycles. The number of carbonyl (C=O) groups excluding carboxylic acids is 2. The smallest absolute Gasteiger partial charge is 0.343 e. The van der Waals surface area contributed by atoms with E-state index >= 15 is 0 Å². The summed E-state index contributed by atoms with van der Waals surface area (Å²) in [6, 6.07) is -0.119. The van der Waals surface area contributed by atoms with Crippen LogP contribution in [0.3, 0.4) is 0 Å². The number of hydrogen-bond acceptors (Lipinski definition) is 18. The number of carbonyl (C=O) groups is 2. The van der Waals surface area contributed by atoms with Gasteiger partial charge >= 0.3 is 12.0 Å². The molecule has 0 unspecified atom stereocenters. The molecule has 0 bridgehead atoms. The van der Waals surface area contributed by atoms with Crippen molar-refractivity contribution in [3.63, 3.8) is 0 Å². The number of nitrogen functional groups attached to an aromatic ring is 2. The van der Waals surface area contributed by atoms with Gasteiger partial charge in [-0.1, -0.05) is 0 Å². The van der Waals surface area contributed by atoms with Gasteiger partial charge < -0.3 is 26.0 Å². The lowest BCUT2D eigenvalue weighted by Crippen LogP contribution is -2.14. The number of methoxy groups -OCH3 is 2. The lowest BCUT2D eigenvalue weighted by Gasteiger charge is -2.08. The van der Waals surface area contributed by atoms with Gasteiger partial charge in [0, 0.05) is 14.1 Å². The minimum Gasteiger partial charge on any atom is -0.467 e. The number of aliphatic hydroxyl groups is 1. The highest BCUT2D eigenvalue weighted by Crippen LogP contribution is 2.33. The molecule has 5 aromatic heterocycles. The fraction of sp³-hybridized carbons (Fsp3) is 0.320. The maximum absolute atomic E-state index is 12.3. The van der Waals surface area contributed by atoms with Gasteiger partial charge in [-0.2, -0.15) is 44.7 Å². The summed E-state index contributed by atoms with van der Waals surface area (Å²) < 4.78 is 15.2. The number of esters is 1. The van der Waals surface area contributed by atoms with Crippen molar-refractivity contribution in [2.75, 3.05) is 32.3 Å². The number of ketones is 1. The molecule has 47 heavy (non-hydrogen) atoms. The van der Waals surface area contributed by atoms with Gasteiger partial charge in [-0.25, -0.2) is 14.2 Å². The number of nitrogens with two attached hydrogens (primary N) is 2. The number of azo groups is 2. The molecular formula is C25H29N17O5. The Kier molecular flexibility index (Phi) is 8.50. The highest BCUT2D eigenvalue weighted by molar-refractivity contribution is 6.00. The molecular weight excluding hydrogens is 618 g/mol. The Morgan fingerprint density at radius 3 is 1.87 bits per heavy atom. The third-order valence-electron chi connectivity index (χ3n) is 6.70. The van der Waals surface area contributed by atoms with Gasteiger partial charge in [-0.05, 0) is 20.8 Å². The van der Waals surface area contributed by atoms with Gasteiger partial charge in [0.2, 0.25) is 0 Å². The van der Waals surface area contributed by atoms with Crippen LogP contribution in [-0.4, -0.2) is 91.8 Å². The molecule has 22 nitrogen and oxygen atoms in total. The highest BCUT2D eigenvalue weighted by Gasteiger charge is 2.24. The molecule has 5 rings (SSSR count). The summed E-state index contributed by atoms with van der Waals surface area (Å²) in [6.45, 7) is 4.20. The topological polar surface area (TPSA) is 284 Å². The molecule has 0 aliphatic heterocycles. The Balaban J connectivity index is 1.53. The van der Waals surface area contributed by atoms with Crippen LogP contribution in [0.1, 0.15) is 37.8 Å². The first-order valence-corrected chi connectivity index (χ1v) is 13.5. The fourth-order valence-corrected chi connectivity index (χ4v) is 4.37. The first-order chi connectivity index (χ1) is 22.4. The first-order valence-electron chi connectivity index (χ1n) is 13.5. The van der Waals surface area contributed by atoms with Crippen LogP contribution >= 0.6 is 0 Å². The van der Waals surface area contributed by atoms with Gasteiger partial charge in [-0.3, -0.25) is 4.79 Å². The van der Waals surface area contributed by atoms with Gasteiger partial charge in [0.15, 0.2) is 40.4 Å². The molecule has 22 heteroatoms. The summed E-state index contributed by atoms with van der Waals surface area (Å²) in [4.78, 5) is 37.3. The molecule has 5 heterocycles. The Hall–Kier alpha value is -6.45. The zero-order valence-corrected chi connectivity index (χ0v) is 26.2. The summed E-state index contributed by atoms with van der Waals surface area (Å²) in [6.07, 6.45) is 1.28. The van der Waals surface area contributed by atoms with Crippen LogP contribution in [0.2, 0.25) is 0 Å². The van der Waals surface area contributed by atoms with Crippen LogP contribution in [-0.2, 0) is 18.8 Å². The van der Waals surface area contributed by atoms with Crippen molar-refractivity contribution in [1.82, 2.24) is 54.1 Å². The van der Waals surface area contributed by atoms with Crippen LogP contribution in [0.15, 0.2) is 26.7 Å². The van der Waals surface area contributed by atoms with Gasteiger partial charge in [0.25, 0.3) is 11.9 Å². The van der Waals surface area contributed by atoms with E-state index in [1.165, 1.54) is 39.1 Å². The molecule has 0 spiro atoms. The third kappa shape index (κ3) is 5.74. The molecule has 0 saturated carbocycles. The van der Waals surface area contributed by atoms with E-state index in [1.807, 2.05) is 0 Å². The van der Waals surface area contributed by atoms with E-state index in [2.05, 4.69) is 55.8 Å². The van der Waals surface area contributed by atoms with Crippen molar-refractivity contribution in [3.05, 3.63) is 34.4 Å². The monoisotopic (exact) mass is 647 g/mol. The molecule has 0 aliphatic rings. The summed E-state index contributed by atoms with van der Waals surface area (Å²) in [5.41, 5.74) is 14.5. The van der Waals surface area contributed by atoms with Crippen molar-refractivity contribution < 1.29 is 24.2 Å². The van der Waals surface area contributed by atoms with Crippen LogP contribution in [0.5, 0.6) is 6.01 Å². The van der Waals surface area contributed by atoms with E-state index in [4.69, 9.17) is 20.9 Å². The standard InChI is InChI=1S/C25H29N17O5/c1-10-15(22(45)46-6)21(40(5)36-10)35-33-17-12(3)38-42(19(17)27)24-29-23(30-25(31-24)47-7)41-18(26)16(11(2)37-41)32-34-20-13(14(44)9-43)8-28-39(20)4/h8,43H,9,26-27H2,1-7H3. The Morgan fingerprint density at radius 1 is 0.809 bits per heavy atom. The van der Waals surface area contributed by atoms with Crippen molar-refractivity contribution in [2.45, 2.75) is 20.8 Å². The number of aryl methyl sites for hydroxylation is 5. The minimum absolute atomic E-state index is 0.00496. The number of anilines is 2. The largest absolute Gasteiger partial charge is 0.467 e. The molecule has 0 aliphatic carbocycles. The van der Waals surface area contributed by atoms with Crippen LogP contribution in [0.4, 0.5) is 34.6 Å². The number of Topliss-reactive ketones (excluding diaryl/α,β-unsaturated/α-hetero) is 1. The summed E-state index contributed by atoms with van der Waals surface area (Å²) >= 11 is 0. The fourth-order valence-electron chi connectivity index (χ4n) is 4.37. The zero-order chi connectivity index (χ0) is 34.2. The number of aromatic nitrogens is 11. The Bertz CT molecular complexity index is 2080. The molecule has 0 saturated heterocycles. The molecule has 0 amide bonds. The number of ether oxygens (including phenoxy) is 2. The molecule has 5 aromatic rings. The first kappa shape index (κ1) is 32.0. The van der Waals surface area contributed by atoms with E-state index in [0.29, 0.717) is 17.1 Å². The van der Waals surface area contributed by atoms with Gasteiger partial charge in [-0.15, -0.1) is 20.5 Å². The maximum atomic E-state index is 12.3. The van der Waals surface area contributed by atoms with Gasteiger partial charge in [0.05, 0.1) is 43.1 Å². The number of rotatable bonds is 10. The quantitative estimate of drug-likeness (QED) is 0.110. The summed E-state index contributed by atoms with van der Waals surface area (Å²) in [5, 5.41) is 43.0. The predicted octanol–water partition coefficient (Wildman–Crippen LogP) is 1.60. The van der Waals surface area contributed by atoms with Crippen LogP contribution in [0, 0.1) is 20.8 Å². The molecule has 0 atom stereocenters. The second kappa shape index (κ2) is 12.5. The zero-order valence-electron chi connectivity index (χ0n) is 26.2. The lowest BCUT2D eigenvalue weighted by molar-refractivity contribution is 0.0600. The van der Waals surface area contributed by atoms with Crippen molar-refractivity contribution in [1.29, 1.82) is 0 Å². The molecule has 0 fully saturated rings.